The van der Waals surface area contributed by atoms with E-state index in [4.69, 9.17) is 15.2 Å². The van der Waals surface area contributed by atoms with Gasteiger partial charge >= 0.3 is 11.7 Å². The number of rotatable bonds is 11. The molecule has 9 heteroatoms. The number of ether oxygens (including phenoxy) is 2. The Morgan fingerprint density at radius 1 is 1.29 bits per heavy atom. The van der Waals surface area contributed by atoms with Gasteiger partial charge in [0, 0.05) is 19.8 Å². The number of aromatic nitrogens is 4. The van der Waals surface area contributed by atoms with Crippen LogP contribution in [0.5, 0.6) is 6.01 Å². The molecule has 1 fully saturated rings. The second kappa shape index (κ2) is 10.4. The number of H-pyrrole nitrogens is 1. The number of unbranched alkanes of at least 4 members (excludes halogenated alkanes) is 1. The monoisotopic (exact) mass is 392 g/mol. The van der Waals surface area contributed by atoms with Crippen molar-refractivity contribution in [1.82, 2.24) is 24.8 Å². The van der Waals surface area contributed by atoms with Crippen molar-refractivity contribution in [2.45, 2.75) is 52.0 Å². The molecule has 2 aromatic heterocycles. The highest BCUT2D eigenvalue weighted by Crippen LogP contribution is 2.18. The fourth-order valence-electron chi connectivity index (χ4n) is 3.44. The molecular weight excluding hydrogens is 360 g/mol. The molecule has 3 rings (SSSR count). The Bertz CT molecular complexity index is 797. The molecule has 28 heavy (non-hydrogen) atoms. The molecule has 0 amide bonds. The van der Waals surface area contributed by atoms with Gasteiger partial charge in [-0.3, -0.25) is 4.57 Å². The fraction of sp³-hybridized carbons (Fsp3) is 0.737. The predicted molar refractivity (Wildman–Crippen MR) is 109 cm³/mol. The van der Waals surface area contributed by atoms with Crippen molar-refractivity contribution in [3.8, 4) is 6.01 Å². The van der Waals surface area contributed by atoms with Gasteiger partial charge in [0.25, 0.3) is 0 Å². The lowest BCUT2D eigenvalue weighted by Crippen LogP contribution is -2.25. The molecule has 0 unspecified atom stereocenters. The summed E-state index contributed by atoms with van der Waals surface area (Å²) < 4.78 is 12.6. The van der Waals surface area contributed by atoms with Gasteiger partial charge in [-0.1, -0.05) is 13.3 Å². The normalized spacial score (nSPS) is 15.3. The number of nitrogens with one attached hydrogen (secondary N) is 2. The molecule has 3 heterocycles. The van der Waals surface area contributed by atoms with E-state index in [-0.39, 0.29) is 17.5 Å². The predicted octanol–water partition coefficient (Wildman–Crippen LogP) is 1.68. The molecule has 0 saturated carbocycles. The molecule has 0 atom stereocenters. The SMILES string of the molecule is CCCCOc1nc(N)c2[nH]c(=O)n(CCCNCCC3CCOCC3)c2n1. The molecule has 0 radical (unpaired) electrons. The van der Waals surface area contributed by atoms with E-state index in [1.165, 1.54) is 6.42 Å². The average Bonchev–Trinajstić information content (AvgIpc) is 3.02. The van der Waals surface area contributed by atoms with Crippen LogP contribution in [0.3, 0.4) is 0 Å². The summed E-state index contributed by atoms with van der Waals surface area (Å²) in [4.78, 5) is 23.6. The van der Waals surface area contributed by atoms with E-state index in [2.05, 4.69) is 27.2 Å². The van der Waals surface area contributed by atoms with Gasteiger partial charge in [-0.15, -0.1) is 0 Å². The van der Waals surface area contributed by atoms with Crippen molar-refractivity contribution in [3.63, 3.8) is 0 Å². The summed E-state index contributed by atoms with van der Waals surface area (Å²) in [5.41, 5.74) is 6.73. The Hall–Kier alpha value is -2.13. The van der Waals surface area contributed by atoms with Crippen LogP contribution in [0.4, 0.5) is 5.82 Å². The maximum absolute atomic E-state index is 12.3. The highest BCUT2D eigenvalue weighted by molar-refractivity contribution is 5.81. The molecule has 0 aliphatic carbocycles. The van der Waals surface area contributed by atoms with Crippen LogP contribution in [-0.4, -0.2) is 52.4 Å². The molecule has 0 spiro atoms. The molecule has 156 valence electrons. The third-order valence-corrected chi connectivity index (χ3v) is 5.16. The minimum atomic E-state index is -0.219. The highest BCUT2D eigenvalue weighted by atomic mass is 16.5. The molecule has 0 bridgehead atoms. The van der Waals surface area contributed by atoms with Gasteiger partial charge in [0.05, 0.1) is 6.61 Å². The van der Waals surface area contributed by atoms with Crippen LogP contribution in [0, 0.1) is 5.92 Å². The third-order valence-electron chi connectivity index (χ3n) is 5.16. The summed E-state index contributed by atoms with van der Waals surface area (Å²) in [7, 11) is 0. The molecular formula is C19H32N6O3. The van der Waals surface area contributed by atoms with Crippen molar-refractivity contribution in [2.24, 2.45) is 5.92 Å². The lowest BCUT2D eigenvalue weighted by Gasteiger charge is -2.21. The lowest BCUT2D eigenvalue weighted by atomic mass is 9.97. The highest BCUT2D eigenvalue weighted by Gasteiger charge is 2.15. The van der Waals surface area contributed by atoms with E-state index in [1.54, 1.807) is 4.57 Å². The molecule has 9 nitrogen and oxygen atoms in total. The molecule has 1 saturated heterocycles. The van der Waals surface area contributed by atoms with Crippen LogP contribution in [0.15, 0.2) is 4.79 Å². The minimum Gasteiger partial charge on any atom is -0.463 e. The van der Waals surface area contributed by atoms with E-state index in [1.807, 2.05) is 0 Å². The largest absolute Gasteiger partial charge is 0.463 e. The zero-order valence-corrected chi connectivity index (χ0v) is 16.7. The maximum Gasteiger partial charge on any atom is 0.327 e. The Morgan fingerprint density at radius 2 is 2.11 bits per heavy atom. The number of aromatic amines is 1. The molecule has 1 aliphatic heterocycles. The number of imidazole rings is 1. The summed E-state index contributed by atoms with van der Waals surface area (Å²) in [6, 6.07) is 0.223. The smallest absolute Gasteiger partial charge is 0.327 e. The molecule has 4 N–H and O–H groups in total. The maximum atomic E-state index is 12.3. The van der Waals surface area contributed by atoms with Gasteiger partial charge in [0.1, 0.15) is 5.52 Å². The Morgan fingerprint density at radius 3 is 2.89 bits per heavy atom. The van der Waals surface area contributed by atoms with Crippen LogP contribution >= 0.6 is 0 Å². The second-order valence-electron chi connectivity index (χ2n) is 7.32. The zero-order chi connectivity index (χ0) is 19.8. The zero-order valence-electron chi connectivity index (χ0n) is 16.7. The first-order valence-corrected chi connectivity index (χ1v) is 10.4. The molecule has 2 aromatic rings. The summed E-state index contributed by atoms with van der Waals surface area (Å²) in [6.45, 7) is 6.82. The quantitative estimate of drug-likeness (QED) is 0.498. The first-order chi connectivity index (χ1) is 13.7. The Balaban J connectivity index is 1.51. The average molecular weight is 393 g/mol. The third kappa shape index (κ3) is 5.45. The van der Waals surface area contributed by atoms with Gasteiger partial charge < -0.3 is 25.5 Å². The van der Waals surface area contributed by atoms with Crippen LogP contribution in [0.2, 0.25) is 0 Å². The Labute approximate surface area is 165 Å². The second-order valence-corrected chi connectivity index (χ2v) is 7.32. The first kappa shape index (κ1) is 20.6. The van der Waals surface area contributed by atoms with E-state index in [0.29, 0.717) is 24.3 Å². The summed E-state index contributed by atoms with van der Waals surface area (Å²) in [5.74, 6) is 1.00. The number of nitrogens with zero attached hydrogens (tertiary/aromatic N) is 3. The van der Waals surface area contributed by atoms with Crippen molar-refractivity contribution < 1.29 is 9.47 Å². The van der Waals surface area contributed by atoms with E-state index >= 15 is 0 Å². The molecule has 0 aromatic carbocycles. The topological polar surface area (TPSA) is 120 Å². The number of hydrogen-bond donors (Lipinski definition) is 3. The van der Waals surface area contributed by atoms with Crippen molar-refractivity contribution in [2.75, 3.05) is 38.6 Å². The number of hydrogen-bond acceptors (Lipinski definition) is 7. The van der Waals surface area contributed by atoms with Crippen molar-refractivity contribution >= 4 is 17.0 Å². The number of anilines is 1. The van der Waals surface area contributed by atoms with Crippen LogP contribution in [0.1, 0.15) is 45.4 Å². The number of aryl methyl sites for hydroxylation is 1. The van der Waals surface area contributed by atoms with Crippen molar-refractivity contribution in [1.29, 1.82) is 0 Å². The number of nitrogens with two attached hydrogens (primary N) is 1. The first-order valence-electron chi connectivity index (χ1n) is 10.4. The van der Waals surface area contributed by atoms with Crippen LogP contribution in [0.25, 0.3) is 11.2 Å². The van der Waals surface area contributed by atoms with Crippen LogP contribution in [-0.2, 0) is 11.3 Å². The van der Waals surface area contributed by atoms with Crippen LogP contribution < -0.4 is 21.5 Å². The standard InChI is InChI=1S/C19H32N6O3/c1-2-3-11-28-18-23-16(20)15-17(24-18)25(19(26)22-15)10-4-8-21-9-5-14-6-12-27-13-7-14/h14,21H,2-13H2,1H3,(H,22,26)(H2,20,23,24). The van der Waals surface area contributed by atoms with Gasteiger partial charge in [-0.25, -0.2) is 4.79 Å². The van der Waals surface area contributed by atoms with Gasteiger partial charge in [0.2, 0.25) is 0 Å². The number of fused-ring (bicyclic) bond motifs is 1. The number of nitrogen functional groups attached to an aromatic ring is 1. The fourth-order valence-corrected chi connectivity index (χ4v) is 3.44. The Kier molecular flexibility index (Phi) is 7.67. The van der Waals surface area contributed by atoms with E-state index < -0.39 is 0 Å². The van der Waals surface area contributed by atoms with Crippen molar-refractivity contribution in [3.05, 3.63) is 10.5 Å². The summed E-state index contributed by atoms with van der Waals surface area (Å²) >= 11 is 0. The lowest BCUT2D eigenvalue weighted by molar-refractivity contribution is 0.0640. The minimum absolute atomic E-state index is 0.219. The van der Waals surface area contributed by atoms with E-state index in [9.17, 15) is 4.79 Å². The molecule has 1 aliphatic rings. The summed E-state index contributed by atoms with van der Waals surface area (Å²) in [5, 5.41) is 3.47. The summed E-state index contributed by atoms with van der Waals surface area (Å²) in [6.07, 6.45) is 6.27. The van der Waals surface area contributed by atoms with Gasteiger partial charge in [-0.05, 0) is 51.1 Å². The van der Waals surface area contributed by atoms with Gasteiger partial charge in [0.15, 0.2) is 11.5 Å². The van der Waals surface area contributed by atoms with Gasteiger partial charge in [-0.2, -0.15) is 9.97 Å². The van der Waals surface area contributed by atoms with E-state index in [0.717, 1.165) is 64.3 Å².